The number of amides is 1. The highest BCUT2D eigenvalue weighted by Gasteiger charge is 2.23. The van der Waals surface area contributed by atoms with E-state index in [9.17, 15) is 13.2 Å². The molecule has 1 aliphatic rings. The van der Waals surface area contributed by atoms with Crippen LogP contribution in [-0.4, -0.2) is 39.3 Å². The molecule has 2 rings (SSSR count). The number of nitrogens with one attached hydrogen (secondary N) is 1. The molecule has 1 aliphatic heterocycles. The zero-order valence-corrected chi connectivity index (χ0v) is 12.4. The Bertz CT molecular complexity index is 565. The van der Waals surface area contributed by atoms with Gasteiger partial charge in [0.25, 0.3) is 0 Å². The summed E-state index contributed by atoms with van der Waals surface area (Å²) in [5.74, 6) is -0.388. The number of carbonyl (C=O) groups excluding carboxylic acids is 1. The van der Waals surface area contributed by atoms with Gasteiger partial charge in [-0.05, 0) is 37.1 Å². The van der Waals surface area contributed by atoms with Crippen LogP contribution in [0, 0.1) is 0 Å². The standard InChI is InChI=1S/C13H16ClNO4S/c14-10-3-5-11(6-4-10)20(17,18)9-7-15-13(16)12-2-1-8-19-12/h3-6,12H,1-2,7-9H2,(H,15,16)/t12-/m0/s1. The average Bonchev–Trinajstić information content (AvgIpc) is 2.93. The van der Waals surface area contributed by atoms with Gasteiger partial charge in [0.2, 0.25) is 5.91 Å². The molecule has 0 radical (unpaired) electrons. The number of benzene rings is 1. The summed E-state index contributed by atoms with van der Waals surface area (Å²) in [7, 11) is -3.41. The van der Waals surface area contributed by atoms with E-state index >= 15 is 0 Å². The maximum atomic E-state index is 12.0. The third-order valence-electron chi connectivity index (χ3n) is 3.06. The molecule has 1 saturated heterocycles. The molecule has 5 nitrogen and oxygen atoms in total. The summed E-state index contributed by atoms with van der Waals surface area (Å²) < 4.78 is 29.3. The van der Waals surface area contributed by atoms with Crippen molar-refractivity contribution in [3.8, 4) is 0 Å². The van der Waals surface area contributed by atoms with E-state index in [-0.39, 0.29) is 23.1 Å². The van der Waals surface area contributed by atoms with Crippen LogP contribution in [0.4, 0.5) is 0 Å². The van der Waals surface area contributed by atoms with Gasteiger partial charge >= 0.3 is 0 Å². The van der Waals surface area contributed by atoms with Crippen molar-refractivity contribution < 1.29 is 17.9 Å². The second kappa shape index (κ2) is 6.56. The van der Waals surface area contributed by atoms with Crippen molar-refractivity contribution >= 4 is 27.3 Å². The zero-order valence-electron chi connectivity index (χ0n) is 10.8. The minimum atomic E-state index is -3.41. The lowest BCUT2D eigenvalue weighted by Gasteiger charge is -2.10. The Morgan fingerprint density at radius 3 is 2.65 bits per heavy atom. The molecule has 0 saturated carbocycles. The van der Waals surface area contributed by atoms with Gasteiger partial charge in [0.15, 0.2) is 9.84 Å². The molecule has 0 spiro atoms. The fraction of sp³-hybridized carbons (Fsp3) is 0.462. The van der Waals surface area contributed by atoms with Gasteiger partial charge in [-0.25, -0.2) is 8.42 Å². The van der Waals surface area contributed by atoms with Crippen LogP contribution in [0.15, 0.2) is 29.2 Å². The van der Waals surface area contributed by atoms with Crippen molar-refractivity contribution in [1.82, 2.24) is 5.32 Å². The van der Waals surface area contributed by atoms with Crippen LogP contribution in [0.25, 0.3) is 0 Å². The maximum absolute atomic E-state index is 12.0. The van der Waals surface area contributed by atoms with E-state index in [2.05, 4.69) is 5.32 Å². The fourth-order valence-electron chi connectivity index (χ4n) is 1.97. The molecule has 1 fully saturated rings. The van der Waals surface area contributed by atoms with Crippen LogP contribution < -0.4 is 5.32 Å². The second-order valence-corrected chi connectivity index (χ2v) is 7.11. The molecule has 1 aromatic carbocycles. The van der Waals surface area contributed by atoms with Crippen molar-refractivity contribution in [2.75, 3.05) is 18.9 Å². The van der Waals surface area contributed by atoms with Gasteiger partial charge in [-0.1, -0.05) is 11.6 Å². The normalized spacial score (nSPS) is 18.9. The van der Waals surface area contributed by atoms with E-state index in [1.807, 2.05) is 0 Å². The molecule has 1 atom stereocenters. The average molecular weight is 318 g/mol. The number of hydrogen-bond acceptors (Lipinski definition) is 4. The summed E-state index contributed by atoms with van der Waals surface area (Å²) in [6.45, 7) is 0.658. The summed E-state index contributed by atoms with van der Waals surface area (Å²) in [4.78, 5) is 11.9. The summed E-state index contributed by atoms with van der Waals surface area (Å²) in [5, 5.41) is 3.07. The smallest absolute Gasteiger partial charge is 0.249 e. The number of ether oxygens (including phenoxy) is 1. The van der Waals surface area contributed by atoms with Crippen molar-refractivity contribution in [1.29, 1.82) is 0 Å². The minimum absolute atomic E-state index is 0.0731. The van der Waals surface area contributed by atoms with Gasteiger partial charge in [-0.2, -0.15) is 0 Å². The lowest BCUT2D eigenvalue weighted by atomic mass is 10.2. The number of sulfone groups is 1. The predicted octanol–water partition coefficient (Wildman–Crippen LogP) is 1.41. The molecular formula is C13H16ClNO4S. The number of halogens is 1. The molecule has 7 heteroatoms. The van der Waals surface area contributed by atoms with Crippen LogP contribution in [0.1, 0.15) is 12.8 Å². The number of rotatable bonds is 5. The van der Waals surface area contributed by atoms with Crippen molar-refractivity contribution in [2.24, 2.45) is 0 Å². The Kier molecular flexibility index (Phi) is 5.01. The van der Waals surface area contributed by atoms with Crippen LogP contribution >= 0.6 is 11.6 Å². The molecular weight excluding hydrogens is 302 g/mol. The van der Waals surface area contributed by atoms with E-state index < -0.39 is 15.9 Å². The van der Waals surface area contributed by atoms with E-state index in [0.717, 1.165) is 6.42 Å². The third kappa shape index (κ3) is 3.94. The number of carbonyl (C=O) groups is 1. The summed E-state index contributed by atoms with van der Waals surface area (Å²) in [5.41, 5.74) is 0. The fourth-order valence-corrected chi connectivity index (χ4v) is 3.25. The van der Waals surface area contributed by atoms with E-state index in [1.54, 1.807) is 0 Å². The Morgan fingerprint density at radius 2 is 2.05 bits per heavy atom. The first-order valence-electron chi connectivity index (χ1n) is 6.37. The Labute approximate surface area is 123 Å². The SMILES string of the molecule is O=C(NCCS(=O)(=O)c1ccc(Cl)cc1)[C@@H]1CCCO1. The van der Waals surface area contributed by atoms with Crippen LogP contribution in [0.2, 0.25) is 5.02 Å². The lowest BCUT2D eigenvalue weighted by Crippen LogP contribution is -2.36. The molecule has 1 N–H and O–H groups in total. The third-order valence-corrected chi connectivity index (χ3v) is 5.05. The topological polar surface area (TPSA) is 72.5 Å². The van der Waals surface area contributed by atoms with Crippen molar-refractivity contribution in [2.45, 2.75) is 23.8 Å². The molecule has 1 heterocycles. The van der Waals surface area contributed by atoms with Crippen molar-refractivity contribution in [3.05, 3.63) is 29.3 Å². The molecule has 110 valence electrons. The number of hydrogen-bond donors (Lipinski definition) is 1. The first-order chi connectivity index (χ1) is 9.49. The first kappa shape index (κ1) is 15.3. The van der Waals surface area contributed by atoms with Gasteiger partial charge in [0.1, 0.15) is 6.10 Å². The Morgan fingerprint density at radius 1 is 1.35 bits per heavy atom. The van der Waals surface area contributed by atoms with Gasteiger partial charge in [0.05, 0.1) is 10.6 Å². The maximum Gasteiger partial charge on any atom is 0.249 e. The van der Waals surface area contributed by atoms with Crippen LogP contribution in [0.3, 0.4) is 0 Å². The van der Waals surface area contributed by atoms with Crippen LogP contribution in [-0.2, 0) is 19.4 Å². The van der Waals surface area contributed by atoms with Gasteiger partial charge in [-0.15, -0.1) is 0 Å². The quantitative estimate of drug-likeness (QED) is 0.891. The van der Waals surface area contributed by atoms with E-state index in [0.29, 0.717) is 18.1 Å². The summed E-state index contributed by atoms with van der Waals surface area (Å²) in [6, 6.07) is 5.97. The largest absolute Gasteiger partial charge is 0.368 e. The molecule has 1 amide bonds. The van der Waals surface area contributed by atoms with E-state index in [1.165, 1.54) is 24.3 Å². The zero-order chi connectivity index (χ0) is 14.6. The van der Waals surface area contributed by atoms with Crippen LogP contribution in [0.5, 0.6) is 0 Å². The summed E-state index contributed by atoms with van der Waals surface area (Å²) >= 11 is 5.71. The molecule has 1 aromatic rings. The molecule has 0 aliphatic carbocycles. The lowest BCUT2D eigenvalue weighted by molar-refractivity contribution is -0.129. The Balaban J connectivity index is 1.86. The second-order valence-electron chi connectivity index (χ2n) is 4.57. The molecule has 20 heavy (non-hydrogen) atoms. The molecule has 0 unspecified atom stereocenters. The highest BCUT2D eigenvalue weighted by Crippen LogP contribution is 2.15. The highest BCUT2D eigenvalue weighted by atomic mass is 35.5. The van der Waals surface area contributed by atoms with Gasteiger partial charge < -0.3 is 10.1 Å². The summed E-state index contributed by atoms with van der Waals surface area (Å²) in [6.07, 6.45) is 1.12. The van der Waals surface area contributed by atoms with Gasteiger partial charge in [-0.3, -0.25) is 4.79 Å². The monoisotopic (exact) mass is 317 g/mol. The van der Waals surface area contributed by atoms with Crippen molar-refractivity contribution in [3.63, 3.8) is 0 Å². The first-order valence-corrected chi connectivity index (χ1v) is 8.40. The molecule has 0 aromatic heterocycles. The predicted molar refractivity (Wildman–Crippen MR) is 75.5 cm³/mol. The van der Waals surface area contributed by atoms with Gasteiger partial charge in [0, 0.05) is 18.2 Å². The highest BCUT2D eigenvalue weighted by molar-refractivity contribution is 7.91. The minimum Gasteiger partial charge on any atom is -0.368 e. The van der Waals surface area contributed by atoms with E-state index in [4.69, 9.17) is 16.3 Å². The Hall–Kier alpha value is -1.11. The molecule has 0 bridgehead atoms.